The summed E-state index contributed by atoms with van der Waals surface area (Å²) in [5.41, 5.74) is 1.71. The molecule has 0 aliphatic carbocycles. The van der Waals surface area contributed by atoms with Crippen molar-refractivity contribution in [3.8, 4) is 5.88 Å². The standard InChI is InChI=1S/C11H14BrNO2/c1-7(2)4-10(14)9-5-8(12)6-13-11(9)15-3/h4-6,10,14H,1-3H3/t10-/m1/s1. The molecule has 1 aromatic heterocycles. The average molecular weight is 272 g/mol. The highest BCUT2D eigenvalue weighted by atomic mass is 79.9. The maximum atomic E-state index is 9.91. The summed E-state index contributed by atoms with van der Waals surface area (Å²) in [6, 6.07) is 1.80. The van der Waals surface area contributed by atoms with Gasteiger partial charge in [0.1, 0.15) is 6.10 Å². The zero-order valence-electron chi connectivity index (χ0n) is 8.99. The summed E-state index contributed by atoms with van der Waals surface area (Å²) in [4.78, 5) is 4.07. The Kier molecular flexibility index (Phi) is 4.29. The molecule has 1 heterocycles. The van der Waals surface area contributed by atoms with E-state index in [9.17, 15) is 5.11 Å². The van der Waals surface area contributed by atoms with E-state index >= 15 is 0 Å². The van der Waals surface area contributed by atoms with Crippen LogP contribution in [0.5, 0.6) is 5.88 Å². The lowest BCUT2D eigenvalue weighted by Crippen LogP contribution is -2.00. The van der Waals surface area contributed by atoms with E-state index in [1.54, 1.807) is 18.3 Å². The fraction of sp³-hybridized carbons (Fsp3) is 0.364. The molecule has 4 heteroatoms. The van der Waals surface area contributed by atoms with Gasteiger partial charge in [0.25, 0.3) is 0 Å². The highest BCUT2D eigenvalue weighted by Crippen LogP contribution is 2.27. The number of halogens is 1. The topological polar surface area (TPSA) is 42.4 Å². The van der Waals surface area contributed by atoms with Crippen LogP contribution in [0, 0.1) is 0 Å². The van der Waals surface area contributed by atoms with Crippen LogP contribution < -0.4 is 4.74 Å². The molecule has 1 atom stereocenters. The Morgan fingerprint density at radius 1 is 1.60 bits per heavy atom. The number of methoxy groups -OCH3 is 1. The number of nitrogens with zero attached hydrogens (tertiary/aromatic N) is 1. The summed E-state index contributed by atoms with van der Waals surface area (Å²) >= 11 is 3.31. The van der Waals surface area contributed by atoms with Crippen LogP contribution >= 0.6 is 15.9 Å². The number of hydrogen-bond acceptors (Lipinski definition) is 3. The van der Waals surface area contributed by atoms with Gasteiger partial charge in [-0.25, -0.2) is 4.98 Å². The van der Waals surface area contributed by atoms with E-state index in [0.29, 0.717) is 11.4 Å². The quantitative estimate of drug-likeness (QED) is 0.860. The Bertz CT molecular complexity index is 373. The van der Waals surface area contributed by atoms with Gasteiger partial charge in [0.05, 0.1) is 7.11 Å². The van der Waals surface area contributed by atoms with Crippen LogP contribution in [0.25, 0.3) is 0 Å². The third-order valence-corrected chi connectivity index (χ3v) is 2.28. The summed E-state index contributed by atoms with van der Waals surface area (Å²) in [7, 11) is 1.54. The van der Waals surface area contributed by atoms with E-state index < -0.39 is 6.10 Å². The van der Waals surface area contributed by atoms with Gasteiger partial charge in [0.2, 0.25) is 5.88 Å². The second kappa shape index (κ2) is 5.28. The molecule has 1 aromatic rings. The highest BCUT2D eigenvalue weighted by molar-refractivity contribution is 9.10. The van der Waals surface area contributed by atoms with Gasteiger partial charge in [0, 0.05) is 16.2 Å². The Balaban J connectivity index is 3.11. The zero-order chi connectivity index (χ0) is 11.4. The molecule has 82 valence electrons. The second-order valence-corrected chi connectivity index (χ2v) is 4.36. The molecular formula is C11H14BrNO2. The Hall–Kier alpha value is -0.870. The predicted molar refractivity (Wildman–Crippen MR) is 62.9 cm³/mol. The minimum Gasteiger partial charge on any atom is -0.481 e. The van der Waals surface area contributed by atoms with Gasteiger partial charge in [-0.3, -0.25) is 0 Å². The number of aliphatic hydroxyl groups is 1. The SMILES string of the molecule is COc1ncc(Br)cc1[C@H](O)C=C(C)C. The third kappa shape index (κ3) is 3.32. The summed E-state index contributed by atoms with van der Waals surface area (Å²) in [6.45, 7) is 3.86. The molecule has 3 nitrogen and oxygen atoms in total. The molecular weight excluding hydrogens is 258 g/mol. The molecule has 0 bridgehead atoms. The predicted octanol–water partition coefficient (Wildman–Crippen LogP) is 2.85. The van der Waals surface area contributed by atoms with Crippen LogP contribution in [0.1, 0.15) is 25.5 Å². The molecule has 0 aromatic carbocycles. The van der Waals surface area contributed by atoms with Crippen molar-refractivity contribution in [3.05, 3.63) is 33.9 Å². The van der Waals surface area contributed by atoms with Gasteiger partial charge >= 0.3 is 0 Å². The normalized spacial score (nSPS) is 12.1. The van der Waals surface area contributed by atoms with Crippen molar-refractivity contribution in [1.82, 2.24) is 4.98 Å². The molecule has 0 spiro atoms. The molecule has 1 N–H and O–H groups in total. The number of pyridine rings is 1. The molecule has 0 saturated heterocycles. The molecule has 1 rings (SSSR count). The van der Waals surface area contributed by atoms with Crippen molar-refractivity contribution in [2.24, 2.45) is 0 Å². The van der Waals surface area contributed by atoms with Crippen molar-refractivity contribution in [2.75, 3.05) is 7.11 Å². The van der Waals surface area contributed by atoms with Crippen molar-refractivity contribution in [3.63, 3.8) is 0 Å². The smallest absolute Gasteiger partial charge is 0.219 e. The number of aromatic nitrogens is 1. The lowest BCUT2D eigenvalue weighted by molar-refractivity contribution is 0.220. The van der Waals surface area contributed by atoms with Crippen LogP contribution in [0.2, 0.25) is 0 Å². The molecule has 0 fully saturated rings. The van der Waals surface area contributed by atoms with Crippen molar-refractivity contribution >= 4 is 15.9 Å². The van der Waals surface area contributed by atoms with E-state index in [4.69, 9.17) is 4.74 Å². The number of hydrogen-bond donors (Lipinski definition) is 1. The summed E-state index contributed by atoms with van der Waals surface area (Å²) in [6.07, 6.45) is 2.71. The van der Waals surface area contributed by atoms with Crippen LogP contribution in [0.4, 0.5) is 0 Å². The van der Waals surface area contributed by atoms with Crippen molar-refractivity contribution in [1.29, 1.82) is 0 Å². The largest absolute Gasteiger partial charge is 0.481 e. The summed E-state index contributed by atoms with van der Waals surface area (Å²) in [5, 5.41) is 9.91. The summed E-state index contributed by atoms with van der Waals surface area (Å²) < 4.78 is 5.90. The van der Waals surface area contributed by atoms with Gasteiger partial charge in [-0.05, 0) is 35.8 Å². The van der Waals surface area contributed by atoms with Gasteiger partial charge in [-0.2, -0.15) is 0 Å². The summed E-state index contributed by atoms with van der Waals surface area (Å²) in [5.74, 6) is 0.447. The first kappa shape index (κ1) is 12.2. The second-order valence-electron chi connectivity index (χ2n) is 3.44. The molecule has 0 radical (unpaired) electrons. The molecule has 15 heavy (non-hydrogen) atoms. The minimum absolute atomic E-state index is 0.447. The van der Waals surface area contributed by atoms with Gasteiger partial charge in [-0.1, -0.05) is 11.6 Å². The third-order valence-electron chi connectivity index (χ3n) is 1.85. The van der Waals surface area contributed by atoms with E-state index in [-0.39, 0.29) is 0 Å². The lowest BCUT2D eigenvalue weighted by atomic mass is 10.1. The van der Waals surface area contributed by atoms with Crippen LogP contribution in [0.15, 0.2) is 28.4 Å². The molecule has 0 aliphatic rings. The van der Waals surface area contributed by atoms with Gasteiger partial charge < -0.3 is 9.84 Å². The molecule has 0 saturated carbocycles. The Labute approximate surface area is 97.9 Å². The molecule has 0 amide bonds. The van der Waals surface area contributed by atoms with Crippen LogP contribution in [0.3, 0.4) is 0 Å². The lowest BCUT2D eigenvalue weighted by Gasteiger charge is -2.11. The average Bonchev–Trinajstić information content (AvgIpc) is 2.16. The Morgan fingerprint density at radius 3 is 2.80 bits per heavy atom. The molecule has 0 unspecified atom stereocenters. The number of allylic oxidation sites excluding steroid dienone is 1. The monoisotopic (exact) mass is 271 g/mol. The van der Waals surface area contributed by atoms with E-state index in [2.05, 4.69) is 20.9 Å². The van der Waals surface area contributed by atoms with Crippen molar-refractivity contribution < 1.29 is 9.84 Å². The first-order valence-corrected chi connectivity index (χ1v) is 5.36. The van der Waals surface area contributed by atoms with Crippen molar-refractivity contribution in [2.45, 2.75) is 20.0 Å². The fourth-order valence-corrected chi connectivity index (χ4v) is 1.58. The maximum Gasteiger partial charge on any atom is 0.219 e. The van der Waals surface area contributed by atoms with Crippen LogP contribution in [-0.2, 0) is 0 Å². The number of ether oxygens (including phenoxy) is 1. The minimum atomic E-state index is -0.685. The van der Waals surface area contributed by atoms with E-state index in [0.717, 1.165) is 10.0 Å². The molecule has 0 aliphatic heterocycles. The highest BCUT2D eigenvalue weighted by Gasteiger charge is 2.12. The zero-order valence-corrected chi connectivity index (χ0v) is 10.6. The Morgan fingerprint density at radius 2 is 2.27 bits per heavy atom. The van der Waals surface area contributed by atoms with E-state index in [1.165, 1.54) is 7.11 Å². The van der Waals surface area contributed by atoms with Gasteiger partial charge in [-0.15, -0.1) is 0 Å². The van der Waals surface area contributed by atoms with Gasteiger partial charge in [0.15, 0.2) is 0 Å². The first-order chi connectivity index (χ1) is 7.04. The van der Waals surface area contributed by atoms with Crippen LogP contribution in [-0.4, -0.2) is 17.2 Å². The number of rotatable bonds is 3. The number of aliphatic hydroxyl groups excluding tert-OH is 1. The first-order valence-electron chi connectivity index (χ1n) is 4.57. The fourth-order valence-electron chi connectivity index (χ4n) is 1.23. The maximum absolute atomic E-state index is 9.91. The van der Waals surface area contributed by atoms with E-state index in [1.807, 2.05) is 13.8 Å².